The normalized spacial score (nSPS) is 9.75. The molecule has 1 heterocycles. The molecule has 8 heteroatoms. The van der Waals surface area contributed by atoms with Crippen molar-refractivity contribution in [2.24, 2.45) is 5.73 Å². The van der Waals surface area contributed by atoms with Crippen molar-refractivity contribution >= 4 is 42.3 Å². The Labute approximate surface area is 159 Å². The van der Waals surface area contributed by atoms with Gasteiger partial charge in [0.15, 0.2) is 11.7 Å². The van der Waals surface area contributed by atoms with Crippen LogP contribution in [-0.4, -0.2) is 24.0 Å². The van der Waals surface area contributed by atoms with Gasteiger partial charge in [0.25, 0.3) is 0 Å². The van der Waals surface area contributed by atoms with Crippen molar-refractivity contribution in [3.8, 4) is 11.3 Å². The Kier molecular flexibility index (Phi) is 11.5. The Morgan fingerprint density at radius 2 is 2.00 bits per heavy atom. The first kappa shape index (κ1) is 22.7. The molecule has 0 radical (unpaired) electrons. The number of hydrogen-bond acceptors (Lipinski definition) is 4. The second-order valence-electron chi connectivity index (χ2n) is 4.94. The zero-order chi connectivity index (χ0) is 15.8. The molecule has 1 aromatic heterocycles. The molecular weight excluding hydrogens is 373 g/mol. The zero-order valence-corrected chi connectivity index (χ0v) is 15.6. The average molecular weight is 395 g/mol. The molecule has 0 bridgehead atoms. The molecule has 3 N–H and O–H groups in total. The molecule has 0 aliphatic carbocycles. The zero-order valence-electron chi connectivity index (χ0n) is 13.2. The van der Waals surface area contributed by atoms with E-state index in [9.17, 15) is 4.79 Å². The summed E-state index contributed by atoms with van der Waals surface area (Å²) in [6, 6.07) is 7.42. The standard InChI is InChI=1S/C16H20ClN3O2.2ClH/c17-13-6-2-1-5-12(13)14-11-20-16(22-14)8-7-15(21)19-10-4-3-9-18;;/h1-2,5-6,11H,3-4,7-10,18H2,(H,19,21);2*1H. The summed E-state index contributed by atoms with van der Waals surface area (Å²) in [6.07, 6.45) is 4.27. The van der Waals surface area contributed by atoms with Crippen LogP contribution in [0.3, 0.4) is 0 Å². The van der Waals surface area contributed by atoms with Crippen molar-refractivity contribution < 1.29 is 9.21 Å². The van der Waals surface area contributed by atoms with Gasteiger partial charge < -0.3 is 15.5 Å². The van der Waals surface area contributed by atoms with Crippen LogP contribution in [0.5, 0.6) is 0 Å². The van der Waals surface area contributed by atoms with Gasteiger partial charge in [-0.25, -0.2) is 4.98 Å². The second kappa shape index (κ2) is 12.1. The molecule has 5 nitrogen and oxygen atoms in total. The van der Waals surface area contributed by atoms with Crippen LogP contribution in [0.15, 0.2) is 34.9 Å². The van der Waals surface area contributed by atoms with Crippen molar-refractivity contribution in [3.05, 3.63) is 41.4 Å². The Hall–Kier alpha value is -1.27. The minimum atomic E-state index is -0.00508. The Morgan fingerprint density at radius 3 is 2.71 bits per heavy atom. The van der Waals surface area contributed by atoms with Crippen LogP contribution >= 0.6 is 36.4 Å². The molecule has 24 heavy (non-hydrogen) atoms. The van der Waals surface area contributed by atoms with E-state index in [1.807, 2.05) is 18.2 Å². The van der Waals surface area contributed by atoms with Gasteiger partial charge in [-0.15, -0.1) is 24.8 Å². The fourth-order valence-electron chi connectivity index (χ4n) is 2.02. The van der Waals surface area contributed by atoms with Crippen LogP contribution in [0.25, 0.3) is 11.3 Å². The smallest absolute Gasteiger partial charge is 0.220 e. The van der Waals surface area contributed by atoms with Gasteiger partial charge in [-0.05, 0) is 31.5 Å². The molecule has 0 spiro atoms. The highest BCUT2D eigenvalue weighted by Crippen LogP contribution is 2.28. The largest absolute Gasteiger partial charge is 0.441 e. The number of halogens is 3. The van der Waals surface area contributed by atoms with Crippen LogP contribution in [0.1, 0.15) is 25.2 Å². The number of unbranched alkanes of at least 4 members (excludes halogenated alkanes) is 1. The minimum absolute atomic E-state index is 0. The van der Waals surface area contributed by atoms with Crippen LogP contribution < -0.4 is 11.1 Å². The highest BCUT2D eigenvalue weighted by molar-refractivity contribution is 6.33. The summed E-state index contributed by atoms with van der Waals surface area (Å²) < 4.78 is 5.65. The van der Waals surface area contributed by atoms with Crippen LogP contribution in [0.4, 0.5) is 0 Å². The van der Waals surface area contributed by atoms with Crippen molar-refractivity contribution in [2.45, 2.75) is 25.7 Å². The number of benzene rings is 1. The number of amides is 1. The van der Waals surface area contributed by atoms with E-state index >= 15 is 0 Å². The van der Waals surface area contributed by atoms with Gasteiger partial charge >= 0.3 is 0 Å². The van der Waals surface area contributed by atoms with Crippen molar-refractivity contribution in [1.29, 1.82) is 0 Å². The molecule has 0 aliphatic heterocycles. The quantitative estimate of drug-likeness (QED) is 0.670. The molecular formula is C16H22Cl3N3O2. The maximum atomic E-state index is 11.7. The second-order valence-corrected chi connectivity index (χ2v) is 5.35. The van der Waals surface area contributed by atoms with Gasteiger partial charge in [0.1, 0.15) is 0 Å². The Balaban J connectivity index is 0.00000264. The van der Waals surface area contributed by atoms with Gasteiger partial charge in [-0.3, -0.25) is 4.79 Å². The third kappa shape index (κ3) is 7.09. The van der Waals surface area contributed by atoms with Gasteiger partial charge in [-0.1, -0.05) is 23.7 Å². The highest BCUT2D eigenvalue weighted by atomic mass is 35.5. The highest BCUT2D eigenvalue weighted by Gasteiger charge is 2.10. The number of nitrogens with two attached hydrogens (primary N) is 1. The van der Waals surface area contributed by atoms with Gasteiger partial charge in [-0.2, -0.15) is 0 Å². The molecule has 0 fully saturated rings. The fraction of sp³-hybridized carbons (Fsp3) is 0.375. The predicted octanol–water partition coefficient (Wildman–Crippen LogP) is 3.63. The Morgan fingerprint density at radius 1 is 1.25 bits per heavy atom. The lowest BCUT2D eigenvalue weighted by Gasteiger charge is -2.03. The first-order chi connectivity index (χ1) is 10.7. The van der Waals surface area contributed by atoms with E-state index in [1.165, 1.54) is 0 Å². The first-order valence-corrected chi connectivity index (χ1v) is 7.75. The number of aromatic nitrogens is 1. The number of aryl methyl sites for hydroxylation is 1. The molecule has 0 unspecified atom stereocenters. The molecule has 1 amide bonds. The SMILES string of the molecule is Cl.Cl.NCCCCNC(=O)CCc1ncc(-c2ccccc2Cl)o1. The van der Waals surface area contributed by atoms with Crippen molar-refractivity contribution in [1.82, 2.24) is 10.3 Å². The number of carbonyl (C=O) groups excluding carboxylic acids is 1. The minimum Gasteiger partial charge on any atom is -0.441 e. The van der Waals surface area contributed by atoms with Gasteiger partial charge in [0.2, 0.25) is 5.91 Å². The number of rotatable bonds is 8. The van der Waals surface area contributed by atoms with Crippen LogP contribution in [0, 0.1) is 0 Å². The predicted molar refractivity (Wildman–Crippen MR) is 101 cm³/mol. The van der Waals surface area contributed by atoms with E-state index in [-0.39, 0.29) is 30.7 Å². The lowest BCUT2D eigenvalue weighted by atomic mass is 10.2. The topological polar surface area (TPSA) is 81.1 Å². The van der Waals surface area contributed by atoms with Crippen LogP contribution in [-0.2, 0) is 11.2 Å². The van der Waals surface area contributed by atoms with E-state index < -0.39 is 0 Å². The van der Waals surface area contributed by atoms with E-state index in [0.29, 0.717) is 42.6 Å². The van der Waals surface area contributed by atoms with E-state index in [2.05, 4.69) is 10.3 Å². The van der Waals surface area contributed by atoms with Crippen molar-refractivity contribution in [2.75, 3.05) is 13.1 Å². The van der Waals surface area contributed by atoms with Crippen LogP contribution in [0.2, 0.25) is 5.02 Å². The lowest BCUT2D eigenvalue weighted by Crippen LogP contribution is -2.25. The molecule has 2 rings (SSSR count). The summed E-state index contributed by atoms with van der Waals surface area (Å²) in [7, 11) is 0. The fourth-order valence-corrected chi connectivity index (χ4v) is 2.25. The van der Waals surface area contributed by atoms with Gasteiger partial charge in [0.05, 0.1) is 11.2 Å². The summed E-state index contributed by atoms with van der Waals surface area (Å²) in [5, 5.41) is 3.46. The number of hydrogen-bond donors (Lipinski definition) is 2. The van der Waals surface area contributed by atoms with E-state index in [4.69, 9.17) is 21.8 Å². The molecule has 0 saturated carbocycles. The summed E-state index contributed by atoms with van der Waals surface area (Å²) in [6.45, 7) is 1.31. The number of nitrogens with zero attached hydrogens (tertiary/aromatic N) is 1. The average Bonchev–Trinajstić information content (AvgIpc) is 2.99. The third-order valence-corrected chi connectivity index (χ3v) is 3.54. The number of oxazole rings is 1. The summed E-state index contributed by atoms with van der Waals surface area (Å²) in [5.74, 6) is 1.14. The maximum absolute atomic E-state index is 11.7. The lowest BCUT2D eigenvalue weighted by molar-refractivity contribution is -0.121. The third-order valence-electron chi connectivity index (χ3n) is 3.21. The molecule has 0 aliphatic rings. The van der Waals surface area contributed by atoms with E-state index in [0.717, 1.165) is 18.4 Å². The monoisotopic (exact) mass is 393 g/mol. The molecule has 0 saturated heterocycles. The molecule has 134 valence electrons. The maximum Gasteiger partial charge on any atom is 0.220 e. The molecule has 2 aromatic rings. The molecule has 1 aromatic carbocycles. The Bertz CT molecular complexity index is 620. The number of carbonyl (C=O) groups is 1. The number of nitrogens with one attached hydrogen (secondary N) is 1. The van der Waals surface area contributed by atoms with Gasteiger partial charge in [0, 0.05) is 24.9 Å². The first-order valence-electron chi connectivity index (χ1n) is 7.37. The summed E-state index contributed by atoms with van der Waals surface area (Å²) >= 11 is 6.12. The van der Waals surface area contributed by atoms with Crippen molar-refractivity contribution in [3.63, 3.8) is 0 Å². The summed E-state index contributed by atoms with van der Waals surface area (Å²) in [5.41, 5.74) is 6.20. The molecule has 0 atom stereocenters. The summed E-state index contributed by atoms with van der Waals surface area (Å²) in [4.78, 5) is 15.9. The van der Waals surface area contributed by atoms with E-state index in [1.54, 1.807) is 12.3 Å².